The molecular formula is C27H34ClF3N6O2. The number of carbonyl (C=O) groups is 2. The van der Waals surface area contributed by atoms with E-state index in [4.69, 9.17) is 11.6 Å². The van der Waals surface area contributed by atoms with Crippen molar-refractivity contribution in [3.05, 3.63) is 46.6 Å². The van der Waals surface area contributed by atoms with Crippen LogP contribution in [0.15, 0.2) is 30.3 Å². The summed E-state index contributed by atoms with van der Waals surface area (Å²) in [6.45, 7) is 7.88. The van der Waals surface area contributed by atoms with Crippen LogP contribution in [0.4, 0.5) is 30.4 Å². The topological polar surface area (TPSA) is 72.0 Å². The molecule has 2 aliphatic heterocycles. The van der Waals surface area contributed by atoms with Crippen molar-refractivity contribution in [2.24, 2.45) is 0 Å². The van der Waals surface area contributed by atoms with E-state index in [1.807, 2.05) is 11.9 Å². The van der Waals surface area contributed by atoms with Gasteiger partial charge in [0.2, 0.25) is 11.8 Å². The number of likely N-dealkylation sites (N-methyl/N-ethyl adjacent to an activating group) is 2. The minimum absolute atomic E-state index is 0.0344. The number of amides is 2. The van der Waals surface area contributed by atoms with Gasteiger partial charge in [-0.05, 0) is 44.5 Å². The van der Waals surface area contributed by atoms with Crippen molar-refractivity contribution in [3.8, 4) is 0 Å². The second-order valence-electron chi connectivity index (χ2n) is 10.3. The van der Waals surface area contributed by atoms with Gasteiger partial charge in [-0.3, -0.25) is 19.4 Å². The molecule has 0 bridgehead atoms. The number of nitrogens with one attached hydrogen (secondary N) is 1. The van der Waals surface area contributed by atoms with Crippen LogP contribution in [0, 0.1) is 6.92 Å². The standard InChI is InChI=1S/C27H34ClF3N6O2/c1-17-14-19(27(29,30)31)15-23(33-17)37-22(8-9-24(37)38)26(39)35(4)21-7-5-6-20(28)25(21)34(3)12-13-36-11-10-32-18(2)16-36/h5-7,14-15,18,22,32H,8-13,16H2,1-4H3/t18-,22?/m1/s1. The van der Waals surface area contributed by atoms with Gasteiger partial charge in [0.25, 0.3) is 0 Å². The number of anilines is 3. The first-order chi connectivity index (χ1) is 18.4. The number of rotatable bonds is 7. The van der Waals surface area contributed by atoms with Gasteiger partial charge < -0.3 is 15.1 Å². The largest absolute Gasteiger partial charge is 0.416 e. The van der Waals surface area contributed by atoms with Crippen LogP contribution in [-0.2, 0) is 15.8 Å². The Morgan fingerprint density at radius 1 is 1.26 bits per heavy atom. The molecule has 2 aromatic rings. The number of aromatic nitrogens is 1. The average molecular weight is 567 g/mol. The number of halogens is 4. The molecular weight excluding hydrogens is 533 g/mol. The number of nitrogens with zero attached hydrogens (tertiary/aromatic N) is 5. The first kappa shape index (κ1) is 29.1. The van der Waals surface area contributed by atoms with E-state index >= 15 is 0 Å². The van der Waals surface area contributed by atoms with Gasteiger partial charge in [-0.1, -0.05) is 17.7 Å². The summed E-state index contributed by atoms with van der Waals surface area (Å²) >= 11 is 6.62. The van der Waals surface area contributed by atoms with Gasteiger partial charge in [0.05, 0.1) is 22.0 Å². The molecule has 39 heavy (non-hydrogen) atoms. The number of hydrogen-bond donors (Lipinski definition) is 1. The zero-order chi connectivity index (χ0) is 28.5. The highest BCUT2D eigenvalue weighted by atomic mass is 35.5. The van der Waals surface area contributed by atoms with Crippen molar-refractivity contribution in [1.29, 1.82) is 0 Å². The lowest BCUT2D eigenvalue weighted by atomic mass is 10.1. The van der Waals surface area contributed by atoms with Crippen LogP contribution >= 0.6 is 11.6 Å². The third-order valence-electron chi connectivity index (χ3n) is 7.25. The first-order valence-electron chi connectivity index (χ1n) is 13.0. The monoisotopic (exact) mass is 566 g/mol. The summed E-state index contributed by atoms with van der Waals surface area (Å²) in [5, 5.41) is 3.90. The molecule has 0 spiro atoms. The van der Waals surface area contributed by atoms with Crippen molar-refractivity contribution < 1.29 is 22.8 Å². The summed E-state index contributed by atoms with van der Waals surface area (Å²) in [6, 6.07) is 6.44. The van der Waals surface area contributed by atoms with Gasteiger partial charge >= 0.3 is 6.18 Å². The first-order valence-corrected chi connectivity index (χ1v) is 13.4. The quantitative estimate of drug-likeness (QED) is 0.547. The van der Waals surface area contributed by atoms with E-state index in [0.29, 0.717) is 29.0 Å². The number of aryl methyl sites for hydroxylation is 1. The van der Waals surface area contributed by atoms with Crippen LogP contribution < -0.4 is 20.0 Å². The molecule has 0 saturated carbocycles. The highest BCUT2D eigenvalue weighted by Gasteiger charge is 2.41. The molecule has 1 aromatic heterocycles. The molecule has 0 radical (unpaired) electrons. The highest BCUT2D eigenvalue weighted by Crippen LogP contribution is 2.38. The number of carbonyl (C=O) groups excluding carboxylic acids is 2. The number of pyridine rings is 1. The Morgan fingerprint density at radius 3 is 2.69 bits per heavy atom. The molecule has 2 saturated heterocycles. The molecule has 2 aliphatic rings. The van der Waals surface area contributed by atoms with Gasteiger partial charge in [-0.2, -0.15) is 13.2 Å². The molecule has 1 aromatic carbocycles. The third-order valence-corrected chi connectivity index (χ3v) is 7.56. The maximum atomic E-state index is 13.8. The molecule has 2 amide bonds. The van der Waals surface area contributed by atoms with E-state index in [0.717, 1.165) is 43.2 Å². The summed E-state index contributed by atoms with van der Waals surface area (Å²) in [4.78, 5) is 37.7. The zero-order valence-electron chi connectivity index (χ0n) is 22.6. The van der Waals surface area contributed by atoms with Crippen molar-refractivity contribution >= 4 is 40.6 Å². The predicted octanol–water partition coefficient (Wildman–Crippen LogP) is 3.95. The fourth-order valence-electron chi connectivity index (χ4n) is 5.26. The van der Waals surface area contributed by atoms with Gasteiger partial charge in [-0.15, -0.1) is 0 Å². The molecule has 212 valence electrons. The van der Waals surface area contributed by atoms with Gasteiger partial charge in [0.1, 0.15) is 11.9 Å². The summed E-state index contributed by atoms with van der Waals surface area (Å²) in [7, 11) is 3.50. The zero-order valence-corrected chi connectivity index (χ0v) is 23.3. The summed E-state index contributed by atoms with van der Waals surface area (Å²) in [5.41, 5.74) is 0.414. The number of benzene rings is 1. The second-order valence-corrected chi connectivity index (χ2v) is 10.7. The Balaban J connectivity index is 1.58. The van der Waals surface area contributed by atoms with E-state index < -0.39 is 29.6 Å². The highest BCUT2D eigenvalue weighted by molar-refractivity contribution is 6.34. The average Bonchev–Trinajstić information content (AvgIpc) is 3.26. The fourth-order valence-corrected chi connectivity index (χ4v) is 5.57. The van der Waals surface area contributed by atoms with E-state index in [1.165, 1.54) is 11.8 Å². The van der Waals surface area contributed by atoms with Crippen molar-refractivity contribution in [2.45, 2.75) is 44.9 Å². The number of hydrogen-bond acceptors (Lipinski definition) is 6. The van der Waals surface area contributed by atoms with Crippen LogP contribution in [-0.4, -0.2) is 80.6 Å². The van der Waals surface area contributed by atoms with E-state index in [9.17, 15) is 22.8 Å². The minimum Gasteiger partial charge on any atom is -0.370 e. The minimum atomic E-state index is -4.61. The Bertz CT molecular complexity index is 1230. The maximum Gasteiger partial charge on any atom is 0.416 e. The molecule has 2 atom stereocenters. The SMILES string of the molecule is Cc1cc(C(F)(F)F)cc(N2C(=O)CCC2C(=O)N(C)c2cccc(Cl)c2N(C)CCN2CCN[C@H](C)C2)n1. The van der Waals surface area contributed by atoms with Crippen LogP contribution in [0.3, 0.4) is 0 Å². The predicted molar refractivity (Wildman–Crippen MR) is 147 cm³/mol. The molecule has 1 N–H and O–H groups in total. The fraction of sp³-hybridized carbons (Fsp3) is 0.519. The summed E-state index contributed by atoms with van der Waals surface area (Å²) in [6.07, 6.45) is -4.40. The number of alkyl halides is 3. The molecule has 1 unspecified atom stereocenters. The molecule has 3 heterocycles. The van der Waals surface area contributed by atoms with Crippen LogP contribution in [0.1, 0.15) is 31.0 Å². The smallest absolute Gasteiger partial charge is 0.370 e. The van der Waals surface area contributed by atoms with E-state index in [1.54, 1.807) is 25.2 Å². The van der Waals surface area contributed by atoms with Crippen LogP contribution in [0.25, 0.3) is 0 Å². The molecule has 2 fully saturated rings. The Hall–Kier alpha value is -2.89. The van der Waals surface area contributed by atoms with E-state index in [2.05, 4.69) is 22.1 Å². The van der Waals surface area contributed by atoms with Crippen molar-refractivity contribution in [3.63, 3.8) is 0 Å². The molecule has 8 nitrogen and oxygen atoms in total. The van der Waals surface area contributed by atoms with Gasteiger partial charge in [0, 0.05) is 65.0 Å². The van der Waals surface area contributed by atoms with Crippen molar-refractivity contribution in [1.82, 2.24) is 15.2 Å². The summed E-state index contributed by atoms with van der Waals surface area (Å²) in [5.74, 6) is -1.04. The normalized spacial score (nSPS) is 20.4. The lowest BCUT2D eigenvalue weighted by Crippen LogP contribution is -2.50. The lowest BCUT2D eigenvalue weighted by Gasteiger charge is -2.35. The Kier molecular flexibility index (Phi) is 8.72. The van der Waals surface area contributed by atoms with E-state index in [-0.39, 0.29) is 24.4 Å². The molecule has 12 heteroatoms. The Morgan fingerprint density at radius 2 is 2.00 bits per heavy atom. The third kappa shape index (κ3) is 6.47. The molecule has 0 aliphatic carbocycles. The summed E-state index contributed by atoms with van der Waals surface area (Å²) < 4.78 is 40.4. The van der Waals surface area contributed by atoms with Gasteiger partial charge in [0.15, 0.2) is 0 Å². The van der Waals surface area contributed by atoms with Crippen molar-refractivity contribution in [2.75, 3.05) is 61.5 Å². The van der Waals surface area contributed by atoms with Gasteiger partial charge in [-0.25, -0.2) is 4.98 Å². The number of piperazine rings is 1. The van der Waals surface area contributed by atoms with Crippen LogP contribution in [0.2, 0.25) is 5.02 Å². The maximum absolute atomic E-state index is 13.8. The Labute approximate surface area is 231 Å². The lowest BCUT2D eigenvalue weighted by molar-refractivity contribution is -0.137. The molecule has 4 rings (SSSR count). The number of para-hydroxylation sites is 1. The van der Waals surface area contributed by atoms with Crippen LogP contribution in [0.5, 0.6) is 0 Å². The second kappa shape index (κ2) is 11.7.